The van der Waals surface area contributed by atoms with Crippen LogP contribution in [0.2, 0.25) is 0 Å². The van der Waals surface area contributed by atoms with Gasteiger partial charge in [0.2, 0.25) is 5.91 Å². The van der Waals surface area contributed by atoms with Crippen LogP contribution in [0.5, 0.6) is 0 Å². The van der Waals surface area contributed by atoms with Gasteiger partial charge in [0.15, 0.2) is 9.84 Å². The molecule has 1 aliphatic heterocycles. The number of hydrogen-bond acceptors (Lipinski definition) is 4. The number of ether oxygens (including phenoxy) is 1. The number of nitrogens with one attached hydrogen (secondary N) is 1. The van der Waals surface area contributed by atoms with E-state index in [0.717, 1.165) is 0 Å². The lowest BCUT2D eigenvalue weighted by Gasteiger charge is -2.23. The van der Waals surface area contributed by atoms with Gasteiger partial charge in [0.25, 0.3) is 0 Å². The number of amides is 1. The Kier molecular flexibility index (Phi) is 3.16. The molecule has 0 saturated carbocycles. The van der Waals surface area contributed by atoms with Crippen molar-refractivity contribution in [2.45, 2.75) is 18.9 Å². The Morgan fingerprint density at radius 3 is 2.64 bits per heavy atom. The molecule has 1 aliphatic rings. The van der Waals surface area contributed by atoms with Crippen LogP contribution in [0.4, 0.5) is 0 Å². The van der Waals surface area contributed by atoms with Gasteiger partial charge in [0, 0.05) is 7.11 Å². The van der Waals surface area contributed by atoms with Crippen molar-refractivity contribution < 1.29 is 17.9 Å². The van der Waals surface area contributed by atoms with E-state index in [1.807, 2.05) is 0 Å². The molecule has 6 heteroatoms. The fraction of sp³-hybridized carbons (Fsp3) is 0.875. The fourth-order valence-electron chi connectivity index (χ4n) is 1.61. The van der Waals surface area contributed by atoms with Crippen LogP contribution in [0.1, 0.15) is 13.3 Å². The molecule has 0 radical (unpaired) electrons. The highest BCUT2D eigenvalue weighted by molar-refractivity contribution is 7.91. The smallest absolute Gasteiger partial charge is 0.246 e. The summed E-state index contributed by atoms with van der Waals surface area (Å²) >= 11 is 0. The van der Waals surface area contributed by atoms with Gasteiger partial charge < -0.3 is 10.1 Å². The highest BCUT2D eigenvalue weighted by atomic mass is 32.2. The van der Waals surface area contributed by atoms with Crippen molar-refractivity contribution >= 4 is 15.7 Å². The van der Waals surface area contributed by atoms with E-state index in [1.165, 1.54) is 7.11 Å². The summed E-state index contributed by atoms with van der Waals surface area (Å²) in [4.78, 5) is 11.2. The summed E-state index contributed by atoms with van der Waals surface area (Å²) in [5.41, 5.74) is -0.617. The largest absolute Gasteiger partial charge is 0.375 e. The first kappa shape index (κ1) is 11.5. The Labute approximate surface area is 83.7 Å². The summed E-state index contributed by atoms with van der Waals surface area (Å²) in [6.45, 7) is 1.71. The first-order valence-corrected chi connectivity index (χ1v) is 6.19. The number of sulfone groups is 1. The van der Waals surface area contributed by atoms with E-state index in [1.54, 1.807) is 6.92 Å². The Balaban J connectivity index is 2.57. The SMILES string of the molecule is COCC(=O)N[C@@]1(C)CCS(=O)(=O)C1. The van der Waals surface area contributed by atoms with Crippen LogP contribution >= 0.6 is 0 Å². The van der Waals surface area contributed by atoms with Crippen molar-refractivity contribution in [3.63, 3.8) is 0 Å². The molecular formula is C8H15NO4S. The molecule has 1 atom stereocenters. The highest BCUT2D eigenvalue weighted by Gasteiger charge is 2.39. The Morgan fingerprint density at radius 2 is 2.21 bits per heavy atom. The van der Waals surface area contributed by atoms with E-state index >= 15 is 0 Å². The minimum atomic E-state index is -2.97. The zero-order chi connectivity index (χ0) is 10.8. The van der Waals surface area contributed by atoms with Gasteiger partial charge in [-0.05, 0) is 13.3 Å². The van der Waals surface area contributed by atoms with Crippen molar-refractivity contribution in [3.05, 3.63) is 0 Å². The van der Waals surface area contributed by atoms with E-state index in [4.69, 9.17) is 0 Å². The second-order valence-electron chi connectivity index (χ2n) is 3.88. The van der Waals surface area contributed by atoms with Crippen LogP contribution in [-0.2, 0) is 19.4 Å². The lowest BCUT2D eigenvalue weighted by Crippen LogP contribution is -2.48. The van der Waals surface area contributed by atoms with Crippen molar-refractivity contribution in [2.24, 2.45) is 0 Å². The van der Waals surface area contributed by atoms with Crippen molar-refractivity contribution in [2.75, 3.05) is 25.2 Å². The Morgan fingerprint density at radius 1 is 1.57 bits per heavy atom. The molecule has 0 aromatic rings. The second kappa shape index (κ2) is 3.86. The van der Waals surface area contributed by atoms with Crippen LogP contribution in [0.15, 0.2) is 0 Å². The van der Waals surface area contributed by atoms with Crippen LogP contribution < -0.4 is 5.32 Å². The minimum absolute atomic E-state index is 0.0233. The summed E-state index contributed by atoms with van der Waals surface area (Å²) in [6.07, 6.45) is 0.477. The summed E-state index contributed by atoms with van der Waals surface area (Å²) < 4.78 is 27.1. The van der Waals surface area contributed by atoms with Crippen LogP contribution in [0.25, 0.3) is 0 Å². The van der Waals surface area contributed by atoms with Crippen molar-refractivity contribution in [1.82, 2.24) is 5.32 Å². The number of methoxy groups -OCH3 is 1. The third-order valence-corrected chi connectivity index (χ3v) is 4.12. The Hall–Kier alpha value is -0.620. The van der Waals surface area contributed by atoms with Gasteiger partial charge in [-0.3, -0.25) is 4.79 Å². The van der Waals surface area contributed by atoms with Gasteiger partial charge in [-0.2, -0.15) is 0 Å². The number of carbonyl (C=O) groups is 1. The van der Waals surface area contributed by atoms with Crippen LogP contribution in [-0.4, -0.2) is 45.1 Å². The third-order valence-electron chi connectivity index (χ3n) is 2.22. The van der Waals surface area contributed by atoms with E-state index in [0.29, 0.717) is 6.42 Å². The predicted octanol–water partition coefficient (Wildman–Crippen LogP) is -0.674. The predicted molar refractivity (Wildman–Crippen MR) is 51.7 cm³/mol. The van der Waals surface area contributed by atoms with E-state index in [-0.39, 0.29) is 24.0 Å². The maximum Gasteiger partial charge on any atom is 0.246 e. The normalized spacial score (nSPS) is 30.1. The second-order valence-corrected chi connectivity index (χ2v) is 6.07. The molecule has 1 heterocycles. The van der Waals surface area contributed by atoms with Gasteiger partial charge in [-0.25, -0.2) is 8.42 Å². The van der Waals surface area contributed by atoms with Crippen LogP contribution in [0, 0.1) is 0 Å². The van der Waals surface area contributed by atoms with Gasteiger partial charge >= 0.3 is 0 Å². The molecule has 0 spiro atoms. The molecule has 1 fully saturated rings. The zero-order valence-corrected chi connectivity index (χ0v) is 9.19. The Bertz CT molecular complexity index is 324. The maximum absolute atomic E-state index is 11.2. The molecule has 0 aromatic carbocycles. The highest BCUT2D eigenvalue weighted by Crippen LogP contribution is 2.22. The van der Waals surface area contributed by atoms with E-state index in [9.17, 15) is 13.2 Å². The maximum atomic E-state index is 11.2. The van der Waals surface area contributed by atoms with Gasteiger partial charge in [-0.1, -0.05) is 0 Å². The van der Waals surface area contributed by atoms with Gasteiger partial charge in [-0.15, -0.1) is 0 Å². The summed E-state index contributed by atoms with van der Waals surface area (Å²) in [5, 5.41) is 2.67. The van der Waals surface area contributed by atoms with E-state index in [2.05, 4.69) is 10.1 Å². The summed E-state index contributed by atoms with van der Waals surface area (Å²) in [7, 11) is -1.55. The van der Waals surface area contributed by atoms with Crippen LogP contribution in [0.3, 0.4) is 0 Å². The average Bonchev–Trinajstić information content (AvgIpc) is 2.25. The van der Waals surface area contributed by atoms with Gasteiger partial charge in [0.05, 0.1) is 17.0 Å². The monoisotopic (exact) mass is 221 g/mol. The van der Waals surface area contributed by atoms with Gasteiger partial charge in [0.1, 0.15) is 6.61 Å². The minimum Gasteiger partial charge on any atom is -0.375 e. The molecule has 1 amide bonds. The third kappa shape index (κ3) is 2.95. The topological polar surface area (TPSA) is 72.5 Å². The molecule has 82 valence electrons. The molecule has 1 N–H and O–H groups in total. The average molecular weight is 221 g/mol. The van der Waals surface area contributed by atoms with Crippen molar-refractivity contribution in [3.8, 4) is 0 Å². The fourth-order valence-corrected chi connectivity index (χ4v) is 3.71. The molecule has 0 aliphatic carbocycles. The molecule has 1 saturated heterocycles. The van der Waals surface area contributed by atoms with Crippen molar-refractivity contribution in [1.29, 1.82) is 0 Å². The molecular weight excluding hydrogens is 206 g/mol. The molecule has 5 nitrogen and oxygen atoms in total. The van der Waals surface area contributed by atoms with E-state index < -0.39 is 15.4 Å². The summed E-state index contributed by atoms with van der Waals surface area (Å²) in [5.74, 6) is -0.0984. The lowest BCUT2D eigenvalue weighted by atomic mass is 10.0. The number of rotatable bonds is 3. The first-order valence-electron chi connectivity index (χ1n) is 4.37. The molecule has 1 rings (SSSR count). The molecule has 0 aromatic heterocycles. The molecule has 0 unspecified atom stereocenters. The standard InChI is InChI=1S/C8H15NO4S/c1-8(9-7(10)5-13-2)3-4-14(11,12)6-8/h3-6H2,1-2H3,(H,9,10)/t8-/m0/s1. The zero-order valence-electron chi connectivity index (χ0n) is 8.37. The number of carbonyl (C=O) groups excluding carboxylic acids is 1. The molecule has 14 heavy (non-hydrogen) atoms. The quantitative estimate of drug-likeness (QED) is 0.685. The number of hydrogen-bond donors (Lipinski definition) is 1. The first-order chi connectivity index (χ1) is 6.37. The lowest BCUT2D eigenvalue weighted by molar-refractivity contribution is -0.126. The summed E-state index contributed by atoms with van der Waals surface area (Å²) in [6, 6.07) is 0. The molecule has 0 bridgehead atoms.